The van der Waals surface area contributed by atoms with E-state index in [1.165, 1.54) is 5.56 Å². The minimum atomic E-state index is 0. The van der Waals surface area contributed by atoms with Crippen LogP contribution in [-0.2, 0) is 11.2 Å². The minimum absolute atomic E-state index is 0. The lowest BCUT2D eigenvalue weighted by molar-refractivity contribution is -0.129. The number of nitrogens with two attached hydrogens (primary N) is 1. The molecular weight excluding hydrogens is 360 g/mol. The Hall–Kier alpha value is -2.04. The van der Waals surface area contributed by atoms with Gasteiger partial charge in [-0.1, -0.05) is 48.5 Å². The maximum atomic E-state index is 12.9. The third kappa shape index (κ3) is 5.24. The summed E-state index contributed by atoms with van der Waals surface area (Å²) in [6.45, 7) is 6.04. The predicted molar refractivity (Wildman–Crippen MR) is 111 cm³/mol. The van der Waals surface area contributed by atoms with Gasteiger partial charge in [0.1, 0.15) is 5.75 Å². The summed E-state index contributed by atoms with van der Waals surface area (Å²) < 4.78 is 5.85. The second-order valence-corrected chi connectivity index (χ2v) is 7.26. The number of carbonyl (C=O) groups excluding carboxylic acids is 1. The summed E-state index contributed by atoms with van der Waals surface area (Å²) in [7, 11) is 0. The molecule has 0 aliphatic carbocycles. The van der Waals surface area contributed by atoms with E-state index < -0.39 is 0 Å². The molecule has 1 saturated heterocycles. The van der Waals surface area contributed by atoms with Crippen LogP contribution in [0.5, 0.6) is 5.75 Å². The Balaban J connectivity index is 0.00000261. The zero-order valence-corrected chi connectivity index (χ0v) is 16.8. The van der Waals surface area contributed by atoms with Crippen LogP contribution in [-0.4, -0.2) is 36.5 Å². The lowest BCUT2D eigenvalue weighted by Crippen LogP contribution is -2.31. The van der Waals surface area contributed by atoms with E-state index in [0.29, 0.717) is 24.8 Å². The summed E-state index contributed by atoms with van der Waals surface area (Å²) in [4.78, 5) is 14.9. The molecule has 2 atom stereocenters. The van der Waals surface area contributed by atoms with Gasteiger partial charge in [0.15, 0.2) is 0 Å². The second kappa shape index (κ2) is 9.77. The Morgan fingerprint density at radius 1 is 1.11 bits per heavy atom. The van der Waals surface area contributed by atoms with Gasteiger partial charge in [0, 0.05) is 24.6 Å². The van der Waals surface area contributed by atoms with E-state index in [-0.39, 0.29) is 24.4 Å². The Labute approximate surface area is 168 Å². The van der Waals surface area contributed by atoms with Crippen LogP contribution in [0, 0.1) is 5.92 Å². The van der Waals surface area contributed by atoms with Gasteiger partial charge in [-0.15, -0.1) is 12.4 Å². The lowest BCUT2D eigenvalue weighted by atomic mass is 9.89. The molecule has 0 aromatic heterocycles. The van der Waals surface area contributed by atoms with Gasteiger partial charge in [-0.25, -0.2) is 0 Å². The molecule has 4 nitrogen and oxygen atoms in total. The molecule has 1 heterocycles. The summed E-state index contributed by atoms with van der Waals surface area (Å²) in [6, 6.07) is 18.2. The molecule has 1 aliphatic heterocycles. The normalized spacial score (nSPS) is 19.0. The number of halogens is 1. The molecular formula is C22H29ClN2O2. The largest absolute Gasteiger partial charge is 0.491 e. The smallest absolute Gasteiger partial charge is 0.227 e. The van der Waals surface area contributed by atoms with Crippen molar-refractivity contribution in [2.45, 2.75) is 32.3 Å². The average Bonchev–Trinajstić information content (AvgIpc) is 3.08. The highest BCUT2D eigenvalue weighted by Gasteiger charge is 2.35. The van der Waals surface area contributed by atoms with Crippen LogP contribution >= 0.6 is 12.4 Å². The lowest BCUT2D eigenvalue weighted by Gasteiger charge is -2.19. The molecule has 2 aromatic carbocycles. The molecule has 2 aromatic rings. The highest BCUT2D eigenvalue weighted by Crippen LogP contribution is 2.32. The fourth-order valence-corrected chi connectivity index (χ4v) is 3.69. The number of hydrogen-bond acceptors (Lipinski definition) is 3. The van der Waals surface area contributed by atoms with Crippen molar-refractivity contribution >= 4 is 18.3 Å². The van der Waals surface area contributed by atoms with Gasteiger partial charge in [0.2, 0.25) is 5.91 Å². The average molecular weight is 389 g/mol. The van der Waals surface area contributed by atoms with Crippen LogP contribution in [0.4, 0.5) is 0 Å². The highest BCUT2D eigenvalue weighted by molar-refractivity contribution is 5.85. The topological polar surface area (TPSA) is 55.6 Å². The summed E-state index contributed by atoms with van der Waals surface area (Å²) in [5.74, 6) is 1.56. The van der Waals surface area contributed by atoms with Crippen molar-refractivity contribution in [3.63, 3.8) is 0 Å². The quantitative estimate of drug-likeness (QED) is 0.821. The molecule has 0 radical (unpaired) electrons. The number of likely N-dealkylation sites (tertiary alicyclic amines) is 1. The number of amides is 1. The van der Waals surface area contributed by atoms with Crippen molar-refractivity contribution in [3.8, 4) is 5.75 Å². The first-order chi connectivity index (χ1) is 12.6. The van der Waals surface area contributed by atoms with E-state index in [1.807, 2.05) is 61.2 Å². The summed E-state index contributed by atoms with van der Waals surface area (Å²) in [5, 5.41) is 0. The summed E-state index contributed by atoms with van der Waals surface area (Å²) >= 11 is 0. The van der Waals surface area contributed by atoms with Crippen molar-refractivity contribution in [1.82, 2.24) is 4.90 Å². The molecule has 5 heteroatoms. The van der Waals surface area contributed by atoms with E-state index in [9.17, 15) is 4.79 Å². The molecule has 1 fully saturated rings. The van der Waals surface area contributed by atoms with Crippen LogP contribution in [0.1, 0.15) is 30.9 Å². The zero-order valence-electron chi connectivity index (χ0n) is 16.0. The van der Waals surface area contributed by atoms with Crippen LogP contribution in [0.25, 0.3) is 0 Å². The van der Waals surface area contributed by atoms with Gasteiger partial charge in [-0.2, -0.15) is 0 Å². The van der Waals surface area contributed by atoms with Crippen LogP contribution in [0.3, 0.4) is 0 Å². The molecule has 146 valence electrons. The third-order valence-corrected chi connectivity index (χ3v) is 5.00. The number of hydrogen-bond donors (Lipinski definition) is 1. The molecule has 0 saturated carbocycles. The fraction of sp³-hybridized carbons (Fsp3) is 0.409. The Morgan fingerprint density at radius 2 is 1.78 bits per heavy atom. The third-order valence-electron chi connectivity index (χ3n) is 5.00. The standard InChI is InChI=1S/C22H28N2O2.ClH/c1-16(2)26-21-11-7-6-10-18(21)12-22(25)24-14-19(13-23)20(15-24)17-8-4-3-5-9-17;/h3-11,16,19-20H,12-15,23H2,1-2H3;1H/t19-,20+;/m1./s1. The van der Waals surface area contributed by atoms with Crippen molar-refractivity contribution < 1.29 is 9.53 Å². The van der Waals surface area contributed by atoms with Gasteiger partial charge in [0.25, 0.3) is 0 Å². The maximum absolute atomic E-state index is 12.9. The first kappa shape index (κ1) is 21.3. The SMILES string of the molecule is CC(C)Oc1ccccc1CC(=O)N1C[C@@H](CN)[C@H](c2ccccc2)C1.Cl. The number of carbonyl (C=O) groups is 1. The van der Waals surface area contributed by atoms with Crippen LogP contribution < -0.4 is 10.5 Å². The summed E-state index contributed by atoms with van der Waals surface area (Å²) in [5.41, 5.74) is 8.21. The molecule has 0 spiro atoms. The van der Waals surface area contributed by atoms with Crippen molar-refractivity contribution in [2.24, 2.45) is 11.7 Å². The zero-order chi connectivity index (χ0) is 18.5. The van der Waals surface area contributed by atoms with E-state index in [2.05, 4.69) is 12.1 Å². The van der Waals surface area contributed by atoms with Crippen molar-refractivity contribution in [3.05, 3.63) is 65.7 Å². The maximum Gasteiger partial charge on any atom is 0.227 e. The van der Waals surface area contributed by atoms with Crippen molar-refractivity contribution in [1.29, 1.82) is 0 Å². The molecule has 1 amide bonds. The molecule has 0 unspecified atom stereocenters. The van der Waals surface area contributed by atoms with Crippen LogP contribution in [0.15, 0.2) is 54.6 Å². The van der Waals surface area contributed by atoms with Gasteiger partial charge < -0.3 is 15.4 Å². The molecule has 1 aliphatic rings. The molecule has 0 bridgehead atoms. The number of nitrogens with zero attached hydrogens (tertiary/aromatic N) is 1. The summed E-state index contributed by atoms with van der Waals surface area (Å²) in [6.07, 6.45) is 0.448. The number of ether oxygens (including phenoxy) is 1. The van der Waals surface area contributed by atoms with Crippen molar-refractivity contribution in [2.75, 3.05) is 19.6 Å². The molecule has 3 rings (SSSR count). The Bertz CT molecular complexity index is 736. The molecule has 27 heavy (non-hydrogen) atoms. The molecule has 2 N–H and O–H groups in total. The fourth-order valence-electron chi connectivity index (χ4n) is 3.69. The van der Waals surface area contributed by atoms with E-state index in [1.54, 1.807) is 0 Å². The first-order valence-electron chi connectivity index (χ1n) is 9.35. The number of para-hydroxylation sites is 1. The van der Waals surface area contributed by atoms with E-state index in [0.717, 1.165) is 24.4 Å². The first-order valence-corrected chi connectivity index (χ1v) is 9.35. The number of benzene rings is 2. The van der Waals surface area contributed by atoms with Gasteiger partial charge in [-0.05, 0) is 37.9 Å². The number of rotatable bonds is 6. The van der Waals surface area contributed by atoms with Gasteiger partial charge in [-0.3, -0.25) is 4.79 Å². The minimum Gasteiger partial charge on any atom is -0.491 e. The van der Waals surface area contributed by atoms with E-state index >= 15 is 0 Å². The predicted octanol–water partition coefficient (Wildman–Crippen LogP) is 3.64. The van der Waals surface area contributed by atoms with Crippen LogP contribution in [0.2, 0.25) is 0 Å². The Morgan fingerprint density at radius 3 is 2.44 bits per heavy atom. The second-order valence-electron chi connectivity index (χ2n) is 7.26. The Kier molecular flexibility index (Phi) is 7.69. The van der Waals surface area contributed by atoms with Gasteiger partial charge in [0.05, 0.1) is 12.5 Å². The van der Waals surface area contributed by atoms with E-state index in [4.69, 9.17) is 10.5 Å². The van der Waals surface area contributed by atoms with Gasteiger partial charge >= 0.3 is 0 Å². The highest BCUT2D eigenvalue weighted by atomic mass is 35.5. The monoisotopic (exact) mass is 388 g/mol.